The first kappa shape index (κ1) is 18.0. The molecule has 2 aliphatic rings. The van der Waals surface area contributed by atoms with Gasteiger partial charge in [0.2, 0.25) is 0 Å². The number of likely N-dealkylation sites (N-methyl/N-ethyl adjacent to an activating group) is 1. The molecule has 2 aliphatic heterocycles. The van der Waals surface area contributed by atoms with Crippen LogP contribution in [0.1, 0.15) is 6.92 Å². The van der Waals surface area contributed by atoms with E-state index in [1.54, 1.807) is 23.8 Å². The maximum Gasteiger partial charge on any atom is 0.269 e. The maximum absolute atomic E-state index is 13.1. The van der Waals surface area contributed by atoms with Crippen LogP contribution in [0.2, 0.25) is 0 Å². The van der Waals surface area contributed by atoms with Crippen molar-refractivity contribution in [3.05, 3.63) is 58.5 Å². The molecule has 0 radical (unpaired) electrons. The monoisotopic (exact) mass is 397 g/mol. The number of amides is 1. The van der Waals surface area contributed by atoms with Crippen molar-refractivity contribution in [2.24, 2.45) is 4.99 Å². The van der Waals surface area contributed by atoms with Gasteiger partial charge in [0.05, 0.1) is 17.8 Å². The Morgan fingerprint density at radius 3 is 2.56 bits per heavy atom. The van der Waals surface area contributed by atoms with Crippen molar-refractivity contribution in [1.29, 1.82) is 0 Å². The van der Waals surface area contributed by atoms with E-state index in [1.165, 1.54) is 11.8 Å². The van der Waals surface area contributed by atoms with Crippen molar-refractivity contribution in [2.45, 2.75) is 11.8 Å². The molecule has 138 valence electrons. The van der Waals surface area contributed by atoms with Crippen LogP contribution in [-0.2, 0) is 4.79 Å². The first-order chi connectivity index (χ1) is 13.1. The molecule has 0 unspecified atom stereocenters. The fraction of sp³-hybridized carbons (Fsp3) is 0.200. The molecule has 0 atom stereocenters. The third-order valence-corrected chi connectivity index (χ3v) is 6.85. The highest BCUT2D eigenvalue weighted by Gasteiger charge is 2.38. The molecule has 2 aromatic carbocycles. The number of carbonyl (C=O) groups is 1. The second-order valence-corrected chi connectivity index (χ2v) is 7.99. The summed E-state index contributed by atoms with van der Waals surface area (Å²) >= 11 is 3.06. The van der Waals surface area contributed by atoms with Crippen LogP contribution in [0.5, 0.6) is 5.75 Å². The normalized spacial score (nSPS) is 20.6. The van der Waals surface area contributed by atoms with E-state index in [-0.39, 0.29) is 5.91 Å². The Labute approximate surface area is 167 Å². The Hall–Kier alpha value is -2.38. The van der Waals surface area contributed by atoms with E-state index in [1.807, 2.05) is 50.4 Å². The number of fused-ring (bicyclic) bond motifs is 1. The number of amidine groups is 1. The molecular weight excluding hydrogens is 378 g/mol. The van der Waals surface area contributed by atoms with Crippen LogP contribution >= 0.6 is 23.5 Å². The lowest BCUT2D eigenvalue weighted by Gasteiger charge is -2.15. The number of anilines is 1. The largest absolute Gasteiger partial charge is 0.494 e. The van der Waals surface area contributed by atoms with Crippen molar-refractivity contribution in [3.63, 3.8) is 0 Å². The third kappa shape index (κ3) is 3.11. The number of nitrogens with zero attached hydrogens (tertiary/aromatic N) is 3. The number of ether oxygens (including phenoxy) is 1. The molecule has 5 nitrogen and oxygen atoms in total. The Morgan fingerprint density at radius 2 is 1.81 bits per heavy atom. The predicted molar refractivity (Wildman–Crippen MR) is 113 cm³/mol. The molecule has 1 fully saturated rings. The number of aliphatic imine (C=N–C) groups is 1. The molecule has 1 amide bonds. The van der Waals surface area contributed by atoms with Gasteiger partial charge in [-0.15, -0.1) is 0 Å². The van der Waals surface area contributed by atoms with Crippen molar-refractivity contribution < 1.29 is 9.53 Å². The van der Waals surface area contributed by atoms with Crippen molar-refractivity contribution in [2.75, 3.05) is 25.6 Å². The Bertz CT molecular complexity index is 971. The van der Waals surface area contributed by atoms with Crippen LogP contribution in [0, 0.1) is 0 Å². The number of rotatable bonds is 3. The lowest BCUT2D eigenvalue weighted by Crippen LogP contribution is -2.29. The van der Waals surface area contributed by atoms with Crippen LogP contribution in [0.4, 0.5) is 11.4 Å². The zero-order valence-corrected chi connectivity index (χ0v) is 16.9. The van der Waals surface area contributed by atoms with E-state index < -0.39 is 0 Å². The van der Waals surface area contributed by atoms with E-state index in [4.69, 9.17) is 9.73 Å². The van der Waals surface area contributed by atoms with Crippen molar-refractivity contribution >= 4 is 46.0 Å². The van der Waals surface area contributed by atoms with Crippen molar-refractivity contribution in [3.8, 4) is 5.75 Å². The van der Waals surface area contributed by atoms with Crippen LogP contribution in [0.15, 0.2) is 68.4 Å². The summed E-state index contributed by atoms with van der Waals surface area (Å²) in [6.07, 6.45) is 0. The van der Waals surface area contributed by atoms with Gasteiger partial charge in [0.25, 0.3) is 5.91 Å². The van der Waals surface area contributed by atoms with Gasteiger partial charge in [-0.05, 0) is 43.0 Å². The molecule has 0 spiro atoms. The number of methoxy groups -OCH3 is 1. The molecule has 0 bridgehead atoms. The molecule has 7 heteroatoms. The highest BCUT2D eigenvalue weighted by atomic mass is 32.2. The average Bonchev–Trinajstić information content (AvgIpc) is 3.19. The smallest absolute Gasteiger partial charge is 0.269 e. The molecule has 27 heavy (non-hydrogen) atoms. The minimum atomic E-state index is -0.00157. The highest BCUT2D eigenvalue weighted by molar-refractivity contribution is 8.19. The molecule has 4 rings (SSSR count). The summed E-state index contributed by atoms with van der Waals surface area (Å²) in [5, 5.41) is 1.63. The Balaban J connectivity index is 1.74. The molecule has 2 aromatic rings. The molecular formula is C20H19N3O2S2. The SMILES string of the molecule is CCN1C(=O)C(=C2Sc3ccccc3N2C)SC1=Nc1ccccc1OC. The quantitative estimate of drug-likeness (QED) is 0.703. The van der Waals surface area contributed by atoms with E-state index in [2.05, 4.69) is 17.0 Å². The summed E-state index contributed by atoms with van der Waals surface area (Å²) in [6.45, 7) is 2.53. The first-order valence-corrected chi connectivity index (χ1v) is 10.2. The Morgan fingerprint density at radius 1 is 1.07 bits per heavy atom. The van der Waals surface area contributed by atoms with Crippen LogP contribution in [0.25, 0.3) is 0 Å². The molecule has 0 N–H and O–H groups in total. The van der Waals surface area contributed by atoms with E-state index in [0.717, 1.165) is 21.3 Å². The van der Waals surface area contributed by atoms with Crippen LogP contribution < -0.4 is 9.64 Å². The van der Waals surface area contributed by atoms with E-state index in [9.17, 15) is 4.79 Å². The van der Waals surface area contributed by atoms with E-state index >= 15 is 0 Å². The van der Waals surface area contributed by atoms with Crippen LogP contribution in [-0.4, -0.2) is 36.7 Å². The van der Waals surface area contributed by atoms with Gasteiger partial charge in [0, 0.05) is 18.5 Å². The number of hydrogen-bond acceptors (Lipinski definition) is 6. The summed E-state index contributed by atoms with van der Waals surface area (Å²) in [4.78, 5) is 23.5. The minimum absolute atomic E-state index is 0.00157. The minimum Gasteiger partial charge on any atom is -0.494 e. The van der Waals surface area contributed by atoms with Crippen LogP contribution in [0.3, 0.4) is 0 Å². The Kier molecular flexibility index (Phi) is 4.88. The molecule has 2 heterocycles. The number of thioether (sulfide) groups is 2. The highest BCUT2D eigenvalue weighted by Crippen LogP contribution is 2.50. The van der Waals surface area contributed by atoms with Gasteiger partial charge in [-0.3, -0.25) is 9.69 Å². The van der Waals surface area contributed by atoms with Gasteiger partial charge in [-0.1, -0.05) is 36.0 Å². The maximum atomic E-state index is 13.1. The molecule has 0 aliphatic carbocycles. The number of carbonyl (C=O) groups excluding carboxylic acids is 1. The summed E-state index contributed by atoms with van der Waals surface area (Å²) < 4.78 is 5.39. The summed E-state index contributed by atoms with van der Waals surface area (Å²) in [6, 6.07) is 15.8. The summed E-state index contributed by atoms with van der Waals surface area (Å²) in [7, 11) is 3.62. The van der Waals surface area contributed by atoms with E-state index in [0.29, 0.717) is 22.4 Å². The lowest BCUT2D eigenvalue weighted by atomic mass is 10.3. The second kappa shape index (κ2) is 7.32. The van der Waals surface area contributed by atoms with Gasteiger partial charge in [-0.2, -0.15) is 0 Å². The van der Waals surface area contributed by atoms with Gasteiger partial charge in [-0.25, -0.2) is 4.99 Å². The fourth-order valence-electron chi connectivity index (χ4n) is 3.02. The zero-order chi connectivity index (χ0) is 19.0. The van der Waals surface area contributed by atoms with Crippen molar-refractivity contribution in [1.82, 2.24) is 4.90 Å². The van der Waals surface area contributed by atoms with Gasteiger partial charge < -0.3 is 9.64 Å². The molecule has 1 saturated heterocycles. The van der Waals surface area contributed by atoms with Gasteiger partial charge >= 0.3 is 0 Å². The van der Waals surface area contributed by atoms with Gasteiger partial charge in [0.1, 0.15) is 16.3 Å². The fourth-order valence-corrected chi connectivity index (χ4v) is 5.42. The third-order valence-electron chi connectivity index (χ3n) is 4.41. The van der Waals surface area contributed by atoms with Gasteiger partial charge in [0.15, 0.2) is 5.17 Å². The summed E-state index contributed by atoms with van der Waals surface area (Å²) in [5.74, 6) is 0.688. The topological polar surface area (TPSA) is 45.1 Å². The number of para-hydroxylation sites is 3. The standard InChI is InChI=1S/C20H19N3O2S2/c1-4-23-18(24)17(19-22(2)14-10-6-8-12-16(14)26-19)27-20(23)21-13-9-5-7-11-15(13)25-3/h5-12H,4H2,1-3H3. The average molecular weight is 398 g/mol. The lowest BCUT2D eigenvalue weighted by molar-refractivity contribution is -0.122. The molecule has 0 saturated carbocycles. The first-order valence-electron chi connectivity index (χ1n) is 8.60. The second-order valence-electron chi connectivity index (χ2n) is 5.98. The number of hydrogen-bond donors (Lipinski definition) is 0. The zero-order valence-electron chi connectivity index (χ0n) is 15.3. The predicted octanol–water partition coefficient (Wildman–Crippen LogP) is 4.69. The molecule has 0 aromatic heterocycles. The summed E-state index contributed by atoms with van der Waals surface area (Å²) in [5.41, 5.74) is 1.84. The number of benzene rings is 2.